The van der Waals surface area contributed by atoms with Crippen LogP contribution in [0.5, 0.6) is 0 Å². The van der Waals surface area contributed by atoms with Crippen molar-refractivity contribution in [3.8, 4) is 0 Å². The number of hydrogen-bond acceptors (Lipinski definition) is 7. The standard InChI is InChI=1S/C9H11ClN4O4/c10-8-7(14(15)16)9(13-5-12-8)11-3-6-4-17-1-2-18-6/h5-6H,1-4H2,(H,11,12,13). The zero-order valence-corrected chi connectivity index (χ0v) is 10.1. The molecule has 1 aromatic rings. The third-order valence-electron chi connectivity index (χ3n) is 2.34. The van der Waals surface area contributed by atoms with Gasteiger partial charge in [0.15, 0.2) is 0 Å². The van der Waals surface area contributed by atoms with E-state index in [-0.39, 0.29) is 22.8 Å². The average Bonchev–Trinajstić information content (AvgIpc) is 2.37. The molecule has 2 heterocycles. The first-order valence-electron chi connectivity index (χ1n) is 5.26. The summed E-state index contributed by atoms with van der Waals surface area (Å²) in [6.45, 7) is 1.88. The largest absolute Gasteiger partial charge is 0.376 e. The Balaban J connectivity index is 2.04. The van der Waals surface area contributed by atoms with Gasteiger partial charge in [0.1, 0.15) is 6.33 Å². The lowest BCUT2D eigenvalue weighted by atomic mass is 10.3. The van der Waals surface area contributed by atoms with Gasteiger partial charge in [-0.2, -0.15) is 0 Å². The lowest BCUT2D eigenvalue weighted by molar-refractivity contribution is -0.384. The molecule has 0 radical (unpaired) electrons. The van der Waals surface area contributed by atoms with Crippen molar-refractivity contribution in [2.75, 3.05) is 31.7 Å². The number of rotatable bonds is 4. The van der Waals surface area contributed by atoms with Gasteiger partial charge in [0.2, 0.25) is 11.0 Å². The van der Waals surface area contributed by atoms with E-state index in [0.717, 1.165) is 6.33 Å². The number of nitrogens with zero attached hydrogens (tertiary/aromatic N) is 3. The number of nitrogens with one attached hydrogen (secondary N) is 1. The molecule has 0 saturated carbocycles. The zero-order valence-electron chi connectivity index (χ0n) is 9.34. The van der Waals surface area contributed by atoms with Gasteiger partial charge in [-0.3, -0.25) is 10.1 Å². The lowest BCUT2D eigenvalue weighted by Gasteiger charge is -2.23. The molecule has 1 aromatic heterocycles. The molecule has 0 aromatic carbocycles. The second-order valence-electron chi connectivity index (χ2n) is 3.57. The molecule has 1 aliphatic heterocycles. The summed E-state index contributed by atoms with van der Waals surface area (Å²) in [5.41, 5.74) is -0.337. The maximum absolute atomic E-state index is 10.8. The minimum absolute atomic E-state index is 0.0779. The van der Waals surface area contributed by atoms with Gasteiger partial charge in [-0.05, 0) is 0 Å². The first-order valence-corrected chi connectivity index (χ1v) is 5.64. The van der Waals surface area contributed by atoms with Crippen LogP contribution in [0, 0.1) is 10.1 Å². The lowest BCUT2D eigenvalue weighted by Crippen LogP contribution is -2.34. The Hall–Kier alpha value is -1.51. The fraction of sp³-hybridized carbons (Fsp3) is 0.556. The van der Waals surface area contributed by atoms with E-state index in [1.807, 2.05) is 0 Å². The van der Waals surface area contributed by atoms with Gasteiger partial charge in [-0.15, -0.1) is 0 Å². The van der Waals surface area contributed by atoms with E-state index in [1.165, 1.54) is 0 Å². The molecule has 1 fully saturated rings. The molecule has 1 atom stereocenters. The van der Waals surface area contributed by atoms with Gasteiger partial charge < -0.3 is 14.8 Å². The molecule has 8 nitrogen and oxygen atoms in total. The zero-order chi connectivity index (χ0) is 13.0. The first-order chi connectivity index (χ1) is 8.68. The Labute approximate surface area is 107 Å². The molecule has 1 N–H and O–H groups in total. The van der Waals surface area contributed by atoms with E-state index in [2.05, 4.69) is 15.3 Å². The van der Waals surface area contributed by atoms with Crippen molar-refractivity contribution in [3.05, 3.63) is 21.6 Å². The normalized spacial score (nSPS) is 19.5. The van der Waals surface area contributed by atoms with Gasteiger partial charge in [-0.25, -0.2) is 9.97 Å². The molecule has 0 bridgehead atoms. The molecular formula is C9H11ClN4O4. The summed E-state index contributed by atoms with van der Waals surface area (Å²) in [6, 6.07) is 0. The average molecular weight is 275 g/mol. The Morgan fingerprint density at radius 3 is 3.06 bits per heavy atom. The topological polar surface area (TPSA) is 99.4 Å². The fourth-order valence-electron chi connectivity index (χ4n) is 1.51. The highest BCUT2D eigenvalue weighted by Crippen LogP contribution is 2.28. The maximum Gasteiger partial charge on any atom is 0.348 e. The molecule has 9 heteroatoms. The molecule has 0 spiro atoms. The molecule has 18 heavy (non-hydrogen) atoms. The van der Waals surface area contributed by atoms with Gasteiger partial charge in [-0.1, -0.05) is 11.6 Å². The molecule has 0 amide bonds. The van der Waals surface area contributed by atoms with Gasteiger partial charge in [0.05, 0.1) is 30.8 Å². The highest BCUT2D eigenvalue weighted by Gasteiger charge is 2.22. The van der Waals surface area contributed by atoms with E-state index >= 15 is 0 Å². The highest BCUT2D eigenvalue weighted by atomic mass is 35.5. The Morgan fingerprint density at radius 2 is 2.39 bits per heavy atom. The van der Waals surface area contributed by atoms with Crippen molar-refractivity contribution in [1.29, 1.82) is 0 Å². The van der Waals surface area contributed by atoms with Gasteiger partial charge in [0, 0.05) is 6.54 Å². The SMILES string of the molecule is O=[N+]([O-])c1c(Cl)ncnc1NCC1COCCO1. The van der Waals surface area contributed by atoms with Crippen LogP contribution in [-0.4, -0.2) is 47.4 Å². The van der Waals surface area contributed by atoms with Crippen molar-refractivity contribution in [2.45, 2.75) is 6.10 Å². The van der Waals surface area contributed by atoms with E-state index in [9.17, 15) is 10.1 Å². The first kappa shape index (κ1) is 12.9. The van der Waals surface area contributed by atoms with Gasteiger partial charge in [0.25, 0.3) is 0 Å². The molecule has 0 aliphatic carbocycles. The molecule has 1 saturated heterocycles. The number of anilines is 1. The second kappa shape index (κ2) is 5.89. The van der Waals surface area contributed by atoms with Crippen molar-refractivity contribution in [2.24, 2.45) is 0 Å². The van der Waals surface area contributed by atoms with Crippen LogP contribution < -0.4 is 5.32 Å². The number of halogens is 1. The van der Waals surface area contributed by atoms with Crippen LogP contribution in [0.2, 0.25) is 5.15 Å². The number of hydrogen-bond donors (Lipinski definition) is 1. The summed E-state index contributed by atoms with van der Waals surface area (Å²) in [4.78, 5) is 17.6. The Morgan fingerprint density at radius 1 is 1.56 bits per heavy atom. The van der Waals surface area contributed by atoms with Crippen LogP contribution in [-0.2, 0) is 9.47 Å². The van der Waals surface area contributed by atoms with Crippen LogP contribution in [0.15, 0.2) is 6.33 Å². The van der Waals surface area contributed by atoms with Crippen molar-refractivity contribution < 1.29 is 14.4 Å². The van der Waals surface area contributed by atoms with Crippen LogP contribution in [0.3, 0.4) is 0 Å². The summed E-state index contributed by atoms with van der Waals surface area (Å²) < 4.78 is 10.6. The molecule has 2 rings (SSSR count). The predicted octanol–water partition coefficient (Wildman–Crippen LogP) is 0.865. The monoisotopic (exact) mass is 274 g/mol. The molecular weight excluding hydrogens is 264 g/mol. The van der Waals surface area contributed by atoms with E-state index in [4.69, 9.17) is 21.1 Å². The van der Waals surface area contributed by atoms with E-state index in [0.29, 0.717) is 26.4 Å². The quantitative estimate of drug-likeness (QED) is 0.494. The van der Waals surface area contributed by atoms with Gasteiger partial charge >= 0.3 is 5.69 Å². The third-order valence-corrected chi connectivity index (χ3v) is 2.62. The predicted molar refractivity (Wildman–Crippen MR) is 62.7 cm³/mol. The number of aromatic nitrogens is 2. The van der Waals surface area contributed by atoms with E-state index in [1.54, 1.807) is 0 Å². The van der Waals surface area contributed by atoms with E-state index < -0.39 is 4.92 Å². The molecule has 98 valence electrons. The third kappa shape index (κ3) is 3.03. The maximum atomic E-state index is 10.8. The minimum atomic E-state index is -0.622. The van der Waals surface area contributed by atoms with Crippen LogP contribution in [0.1, 0.15) is 0 Å². The van der Waals surface area contributed by atoms with Crippen LogP contribution in [0.4, 0.5) is 11.5 Å². The second-order valence-corrected chi connectivity index (χ2v) is 3.93. The summed E-state index contributed by atoms with van der Waals surface area (Å²) in [5.74, 6) is 0.0779. The molecule has 1 unspecified atom stereocenters. The Kier molecular flexibility index (Phi) is 4.24. The summed E-state index contributed by atoms with van der Waals surface area (Å²) >= 11 is 5.66. The van der Waals surface area contributed by atoms with Crippen LogP contribution >= 0.6 is 11.6 Å². The number of ether oxygens (including phenoxy) is 2. The number of nitro groups is 1. The fourth-order valence-corrected chi connectivity index (χ4v) is 1.72. The van der Waals surface area contributed by atoms with Crippen molar-refractivity contribution >= 4 is 23.1 Å². The molecule has 1 aliphatic rings. The Bertz CT molecular complexity index is 439. The van der Waals surface area contributed by atoms with Crippen molar-refractivity contribution in [3.63, 3.8) is 0 Å². The summed E-state index contributed by atoms with van der Waals surface area (Å²) in [5, 5.41) is 13.5. The van der Waals surface area contributed by atoms with Crippen molar-refractivity contribution in [1.82, 2.24) is 9.97 Å². The summed E-state index contributed by atoms with van der Waals surface area (Å²) in [6.07, 6.45) is 1.00. The highest BCUT2D eigenvalue weighted by molar-refractivity contribution is 6.31. The smallest absolute Gasteiger partial charge is 0.348 e. The van der Waals surface area contributed by atoms with Crippen LogP contribution in [0.25, 0.3) is 0 Å². The summed E-state index contributed by atoms with van der Waals surface area (Å²) in [7, 11) is 0. The minimum Gasteiger partial charge on any atom is -0.376 e.